The van der Waals surface area contributed by atoms with E-state index in [1.165, 1.54) is 0 Å². The largest absolute Gasteiger partial charge is 0.308 e. The van der Waals surface area contributed by atoms with Crippen molar-refractivity contribution < 1.29 is 13.7 Å². The molecule has 0 saturated carbocycles. The first-order valence-corrected chi connectivity index (χ1v) is 3.72. The highest BCUT2D eigenvalue weighted by atomic mass is 32.3. The Kier molecular flexibility index (Phi) is 2.60. The summed E-state index contributed by atoms with van der Waals surface area (Å²) in [5.74, 6) is 0.0903. The van der Waals surface area contributed by atoms with Gasteiger partial charge in [-0.3, -0.25) is 0 Å². The van der Waals surface area contributed by atoms with Crippen molar-refractivity contribution in [3.8, 4) is 0 Å². The predicted octanol–water partition coefficient (Wildman–Crippen LogP) is 1.62. The van der Waals surface area contributed by atoms with E-state index in [0.717, 1.165) is 0 Å². The number of rotatable bonds is 2. The lowest BCUT2D eigenvalue weighted by Gasteiger charge is -2.16. The van der Waals surface area contributed by atoms with Crippen molar-refractivity contribution in [2.45, 2.75) is 13.3 Å². The van der Waals surface area contributed by atoms with Crippen LogP contribution in [-0.2, 0) is 0 Å². The van der Waals surface area contributed by atoms with Crippen LogP contribution in [0.15, 0.2) is 0 Å². The van der Waals surface area contributed by atoms with E-state index in [4.69, 9.17) is 13.7 Å². The van der Waals surface area contributed by atoms with Gasteiger partial charge in [0.1, 0.15) is 0 Å². The Balaban J connectivity index is 3.15. The molecule has 0 fully saturated rings. The smallest absolute Gasteiger partial charge is 0.0810 e. The van der Waals surface area contributed by atoms with Gasteiger partial charge in [0.05, 0.1) is 10.9 Å². The Labute approximate surface area is 44.5 Å². The van der Waals surface area contributed by atoms with Crippen LogP contribution in [0.1, 0.15) is 13.3 Å². The summed E-state index contributed by atoms with van der Waals surface area (Å²) < 4.78 is 24.6. The second kappa shape index (κ2) is 2.52. The normalized spacial score (nSPS) is 14.3. The summed E-state index contributed by atoms with van der Waals surface area (Å²) in [5.41, 5.74) is 0. The maximum Gasteiger partial charge on any atom is 0.0810 e. The molecule has 0 bridgehead atoms. The first kappa shape index (κ1) is 7.23. The Morgan fingerprint density at radius 1 is 1.29 bits per heavy atom. The molecule has 3 nitrogen and oxygen atoms in total. The van der Waals surface area contributed by atoms with Crippen LogP contribution in [-0.4, -0.2) is 19.4 Å². The van der Waals surface area contributed by atoms with Gasteiger partial charge in [-0.25, -0.2) is 0 Å². The minimum atomic E-state index is -3.17. The summed E-state index contributed by atoms with van der Waals surface area (Å²) in [6.07, 6.45) is 0.596. The molecule has 0 heterocycles. The van der Waals surface area contributed by atoms with Crippen LogP contribution in [0.2, 0.25) is 0 Å². The maximum absolute atomic E-state index is 8.21. The molecule has 0 amide bonds. The number of hydrogen-bond acceptors (Lipinski definition) is 3. The second-order valence-corrected chi connectivity index (χ2v) is 3.01. The third-order valence-corrected chi connectivity index (χ3v) is 1.43. The highest BCUT2D eigenvalue weighted by Crippen LogP contribution is 2.32. The highest BCUT2D eigenvalue weighted by Gasteiger charge is 2.06. The molecule has 0 radical (unpaired) electrons. The van der Waals surface area contributed by atoms with Crippen molar-refractivity contribution in [3.05, 3.63) is 0 Å². The van der Waals surface area contributed by atoms with Crippen LogP contribution in [0, 0.1) is 0 Å². The van der Waals surface area contributed by atoms with Gasteiger partial charge in [0.2, 0.25) is 0 Å². The van der Waals surface area contributed by atoms with Gasteiger partial charge in [-0.05, 0) is 6.42 Å². The van der Waals surface area contributed by atoms with E-state index >= 15 is 0 Å². The Hall–Kier alpha value is 0.230. The Morgan fingerprint density at radius 3 is 1.71 bits per heavy atom. The first-order valence-electron chi connectivity index (χ1n) is 2.04. The molecule has 0 saturated heterocycles. The molecule has 7 heavy (non-hydrogen) atoms. The predicted molar refractivity (Wildman–Crippen MR) is 30.6 cm³/mol. The average molecular weight is 126 g/mol. The molecular formula is C3H10O3S. The van der Waals surface area contributed by atoms with E-state index in [2.05, 4.69) is 0 Å². The lowest BCUT2D eigenvalue weighted by molar-refractivity contribution is 0.375. The number of hydrogen-bond donors (Lipinski definition) is 3. The topological polar surface area (TPSA) is 60.7 Å². The van der Waals surface area contributed by atoms with Gasteiger partial charge in [0, 0.05) is 5.75 Å². The van der Waals surface area contributed by atoms with Gasteiger partial charge in [0.25, 0.3) is 0 Å². The molecule has 0 atom stereocenters. The highest BCUT2D eigenvalue weighted by molar-refractivity contribution is 8.19. The standard InChI is InChI=1S/C3H10O3S/c1-2-3-7(4,5)6/h4-6H,2-3H2,1H3. The van der Waals surface area contributed by atoms with Crippen molar-refractivity contribution in [2.24, 2.45) is 0 Å². The van der Waals surface area contributed by atoms with Crippen LogP contribution < -0.4 is 0 Å². The quantitative estimate of drug-likeness (QED) is 0.527. The van der Waals surface area contributed by atoms with Crippen LogP contribution in [0.3, 0.4) is 0 Å². The molecule has 0 aliphatic rings. The monoisotopic (exact) mass is 126 g/mol. The average Bonchev–Trinajstić information content (AvgIpc) is 1.30. The van der Waals surface area contributed by atoms with Crippen LogP contribution in [0.4, 0.5) is 0 Å². The lowest BCUT2D eigenvalue weighted by atomic mass is 10.6. The molecule has 0 aromatic carbocycles. The molecule has 4 heteroatoms. The third kappa shape index (κ3) is 6.23. The summed E-state index contributed by atoms with van der Waals surface area (Å²) in [5, 5.41) is 0. The molecule has 0 aliphatic heterocycles. The van der Waals surface area contributed by atoms with Crippen LogP contribution >= 0.6 is 10.9 Å². The van der Waals surface area contributed by atoms with Crippen molar-refractivity contribution in [3.63, 3.8) is 0 Å². The molecule has 0 rings (SSSR count). The minimum absolute atomic E-state index is 0.0903. The summed E-state index contributed by atoms with van der Waals surface area (Å²) in [4.78, 5) is 0. The fraction of sp³-hybridized carbons (Fsp3) is 1.00. The molecule has 0 aromatic heterocycles. The summed E-state index contributed by atoms with van der Waals surface area (Å²) in [6.45, 7) is 1.77. The maximum atomic E-state index is 8.21. The SMILES string of the molecule is CCCS(O)(O)O. The van der Waals surface area contributed by atoms with Gasteiger partial charge >= 0.3 is 0 Å². The van der Waals surface area contributed by atoms with Gasteiger partial charge in [-0.1, -0.05) is 6.92 Å². The molecule has 0 aromatic rings. The van der Waals surface area contributed by atoms with Crippen LogP contribution in [0.5, 0.6) is 0 Å². The van der Waals surface area contributed by atoms with Crippen molar-refractivity contribution in [1.29, 1.82) is 0 Å². The van der Waals surface area contributed by atoms with E-state index in [1.54, 1.807) is 6.92 Å². The summed E-state index contributed by atoms with van der Waals surface area (Å²) >= 11 is 0. The summed E-state index contributed by atoms with van der Waals surface area (Å²) in [6, 6.07) is 0. The van der Waals surface area contributed by atoms with E-state index < -0.39 is 10.9 Å². The lowest BCUT2D eigenvalue weighted by Crippen LogP contribution is -1.98. The molecule has 0 spiro atoms. The molecule has 0 unspecified atom stereocenters. The zero-order valence-electron chi connectivity index (χ0n) is 4.16. The molecule has 3 N–H and O–H groups in total. The fourth-order valence-electron chi connectivity index (χ4n) is 0.274. The minimum Gasteiger partial charge on any atom is -0.308 e. The van der Waals surface area contributed by atoms with Crippen molar-refractivity contribution >= 4 is 10.9 Å². The van der Waals surface area contributed by atoms with Gasteiger partial charge in [-0.2, -0.15) is 0 Å². The zero-order valence-corrected chi connectivity index (χ0v) is 4.98. The second-order valence-electron chi connectivity index (χ2n) is 1.34. The van der Waals surface area contributed by atoms with E-state index in [1.807, 2.05) is 0 Å². The van der Waals surface area contributed by atoms with Gasteiger partial charge < -0.3 is 13.7 Å². The Morgan fingerprint density at radius 2 is 1.71 bits per heavy atom. The molecule has 0 aliphatic carbocycles. The first-order chi connectivity index (χ1) is 3.06. The van der Waals surface area contributed by atoms with E-state index in [-0.39, 0.29) is 5.75 Å². The molecular weight excluding hydrogens is 116 g/mol. The van der Waals surface area contributed by atoms with E-state index in [9.17, 15) is 0 Å². The summed E-state index contributed by atoms with van der Waals surface area (Å²) in [7, 11) is -3.17. The Bertz CT molecular complexity index is 48.6. The van der Waals surface area contributed by atoms with Gasteiger partial charge in [0.15, 0.2) is 0 Å². The van der Waals surface area contributed by atoms with Crippen molar-refractivity contribution in [1.82, 2.24) is 0 Å². The van der Waals surface area contributed by atoms with Crippen molar-refractivity contribution in [2.75, 3.05) is 5.75 Å². The van der Waals surface area contributed by atoms with Gasteiger partial charge in [-0.15, -0.1) is 0 Å². The fourth-order valence-corrected chi connectivity index (χ4v) is 0.822. The van der Waals surface area contributed by atoms with Crippen LogP contribution in [0.25, 0.3) is 0 Å². The zero-order chi connectivity index (χ0) is 5.91. The third-order valence-electron chi connectivity index (χ3n) is 0.478. The van der Waals surface area contributed by atoms with E-state index in [0.29, 0.717) is 6.42 Å². The molecule has 46 valence electrons.